The molecule has 0 radical (unpaired) electrons. The Kier molecular flexibility index (Phi) is 7.04. The second kappa shape index (κ2) is 10.9. The highest BCUT2D eigenvalue weighted by Gasteiger charge is 2.22. The Morgan fingerprint density at radius 2 is 1.75 bits per heavy atom. The zero-order valence-electron chi connectivity index (χ0n) is 24.8. The molecule has 0 aliphatic carbocycles. The largest absolute Gasteiger partial charge is 0.357 e. The van der Waals surface area contributed by atoms with Gasteiger partial charge in [-0.05, 0) is 48.5 Å². The first kappa shape index (κ1) is 28.5. The summed E-state index contributed by atoms with van der Waals surface area (Å²) in [5.41, 5.74) is 2.49. The number of hydrogen-bond donors (Lipinski definition) is 3. The number of anilines is 3. The third-order valence-corrected chi connectivity index (χ3v) is 7.24. The fourth-order valence-electron chi connectivity index (χ4n) is 4.88. The maximum absolute atomic E-state index is 15.1. The van der Waals surface area contributed by atoms with Gasteiger partial charge in [-0.25, -0.2) is 18.9 Å². The van der Waals surface area contributed by atoms with Crippen molar-refractivity contribution < 1.29 is 9.18 Å². The lowest BCUT2D eigenvalue weighted by Gasteiger charge is -2.14. The van der Waals surface area contributed by atoms with E-state index in [1.165, 1.54) is 22.8 Å². The zero-order chi connectivity index (χ0) is 31.2. The zero-order valence-corrected chi connectivity index (χ0v) is 24.8. The number of fused-ring (bicyclic) bond motifs is 2. The van der Waals surface area contributed by atoms with Crippen LogP contribution in [0.1, 0.15) is 26.5 Å². The van der Waals surface area contributed by atoms with Gasteiger partial charge in [-0.15, -0.1) is 0 Å². The number of rotatable bonds is 5. The highest BCUT2D eigenvalue weighted by atomic mass is 19.1. The SMILES string of the molecule is CNc1ncc2cc(-c3cc(NC(=O)Nc4cc(C(C)(C)C)nn4-c4ccc5ncccc5c4)ccc3F)c(=O)n(C)c2n1. The van der Waals surface area contributed by atoms with Crippen molar-refractivity contribution in [3.05, 3.63) is 94.9 Å². The van der Waals surface area contributed by atoms with Crippen molar-refractivity contribution in [1.29, 1.82) is 0 Å². The number of benzene rings is 2. The quantitative estimate of drug-likeness (QED) is 0.229. The molecule has 6 aromatic rings. The van der Waals surface area contributed by atoms with Crippen LogP contribution in [0, 0.1) is 5.82 Å². The summed E-state index contributed by atoms with van der Waals surface area (Å²) in [5.74, 6) is 0.193. The summed E-state index contributed by atoms with van der Waals surface area (Å²) in [6, 6.07) is 16.4. The Balaban J connectivity index is 1.32. The Morgan fingerprint density at radius 1 is 0.932 bits per heavy atom. The van der Waals surface area contributed by atoms with Crippen LogP contribution >= 0.6 is 0 Å². The lowest BCUT2D eigenvalue weighted by Crippen LogP contribution is -2.22. The van der Waals surface area contributed by atoms with E-state index in [9.17, 15) is 9.59 Å². The summed E-state index contributed by atoms with van der Waals surface area (Å²) in [5, 5.41) is 14.8. The van der Waals surface area contributed by atoms with Crippen molar-refractivity contribution >= 4 is 45.4 Å². The molecule has 0 bridgehead atoms. The number of carbonyl (C=O) groups is 1. The van der Waals surface area contributed by atoms with Gasteiger partial charge in [0.25, 0.3) is 5.56 Å². The molecule has 0 aliphatic rings. The number of aromatic nitrogens is 6. The highest BCUT2D eigenvalue weighted by molar-refractivity contribution is 6.00. The number of hydrogen-bond acceptors (Lipinski definition) is 7. The number of nitrogens with one attached hydrogen (secondary N) is 3. The molecular weight excluding hydrogens is 561 g/mol. The lowest BCUT2D eigenvalue weighted by molar-refractivity contribution is 0.262. The molecule has 0 saturated heterocycles. The molecule has 2 aromatic carbocycles. The molecule has 4 aromatic heterocycles. The van der Waals surface area contributed by atoms with Crippen LogP contribution in [0.15, 0.2) is 77.9 Å². The van der Waals surface area contributed by atoms with Crippen LogP contribution < -0.4 is 21.5 Å². The Bertz CT molecular complexity index is 2130. The van der Waals surface area contributed by atoms with Crippen molar-refractivity contribution in [2.24, 2.45) is 7.05 Å². The molecule has 0 fully saturated rings. The van der Waals surface area contributed by atoms with Gasteiger partial charge in [-0.3, -0.25) is 19.7 Å². The third kappa shape index (κ3) is 5.33. The highest BCUT2D eigenvalue weighted by Crippen LogP contribution is 2.29. The monoisotopic (exact) mass is 591 g/mol. The first-order chi connectivity index (χ1) is 21.0. The average Bonchev–Trinajstić information content (AvgIpc) is 3.44. The van der Waals surface area contributed by atoms with Crippen LogP contribution in [0.25, 0.3) is 38.8 Å². The van der Waals surface area contributed by atoms with Crippen LogP contribution in [0.5, 0.6) is 0 Å². The van der Waals surface area contributed by atoms with E-state index in [0.717, 1.165) is 22.3 Å². The molecule has 0 atom stereocenters. The summed E-state index contributed by atoms with van der Waals surface area (Å²) in [7, 11) is 3.24. The van der Waals surface area contributed by atoms with Gasteiger partial charge in [0, 0.05) is 60.0 Å². The van der Waals surface area contributed by atoms with E-state index in [0.29, 0.717) is 28.5 Å². The third-order valence-electron chi connectivity index (χ3n) is 7.24. The van der Waals surface area contributed by atoms with E-state index in [2.05, 4.69) is 30.9 Å². The maximum Gasteiger partial charge on any atom is 0.324 e. The van der Waals surface area contributed by atoms with Gasteiger partial charge in [-0.2, -0.15) is 10.1 Å². The fourth-order valence-corrected chi connectivity index (χ4v) is 4.88. The molecule has 4 heterocycles. The predicted molar refractivity (Wildman–Crippen MR) is 170 cm³/mol. The van der Waals surface area contributed by atoms with Crippen LogP contribution in [0.4, 0.5) is 26.6 Å². The number of urea groups is 1. The van der Waals surface area contributed by atoms with Crippen molar-refractivity contribution in [3.63, 3.8) is 0 Å². The number of pyridine rings is 2. The normalized spacial score (nSPS) is 11.6. The molecule has 6 rings (SSSR count). The molecular formula is C32H30FN9O2. The van der Waals surface area contributed by atoms with E-state index in [-0.39, 0.29) is 16.5 Å². The van der Waals surface area contributed by atoms with Gasteiger partial charge in [0.2, 0.25) is 5.95 Å². The van der Waals surface area contributed by atoms with E-state index >= 15 is 4.39 Å². The second-order valence-corrected chi connectivity index (χ2v) is 11.4. The van der Waals surface area contributed by atoms with E-state index < -0.39 is 17.4 Å². The van der Waals surface area contributed by atoms with Crippen LogP contribution in [0.3, 0.4) is 0 Å². The summed E-state index contributed by atoms with van der Waals surface area (Å²) in [6.07, 6.45) is 3.30. The topological polar surface area (TPSA) is 132 Å². The molecule has 0 spiro atoms. The minimum absolute atomic E-state index is 0.0350. The Hall–Kier alpha value is -5.65. The number of nitrogens with zero attached hydrogens (tertiary/aromatic N) is 6. The van der Waals surface area contributed by atoms with Crippen LogP contribution in [-0.2, 0) is 12.5 Å². The number of aryl methyl sites for hydroxylation is 1. The van der Waals surface area contributed by atoms with Gasteiger partial charge in [0.05, 0.1) is 22.5 Å². The molecule has 2 amide bonds. The molecule has 222 valence electrons. The fraction of sp³-hybridized carbons (Fsp3) is 0.188. The number of halogens is 1. The van der Waals surface area contributed by atoms with Gasteiger partial charge in [-0.1, -0.05) is 26.8 Å². The molecule has 0 saturated carbocycles. The van der Waals surface area contributed by atoms with E-state index in [1.807, 2.05) is 57.2 Å². The van der Waals surface area contributed by atoms with Crippen molar-refractivity contribution in [1.82, 2.24) is 29.3 Å². The molecule has 12 heteroatoms. The Morgan fingerprint density at radius 3 is 2.52 bits per heavy atom. The molecule has 11 nitrogen and oxygen atoms in total. The van der Waals surface area contributed by atoms with Gasteiger partial charge < -0.3 is 10.6 Å². The van der Waals surface area contributed by atoms with Crippen molar-refractivity contribution in [2.45, 2.75) is 26.2 Å². The number of carbonyl (C=O) groups excluding carboxylic acids is 1. The van der Waals surface area contributed by atoms with E-state index in [4.69, 9.17) is 5.10 Å². The summed E-state index contributed by atoms with van der Waals surface area (Å²) < 4.78 is 18.1. The predicted octanol–water partition coefficient (Wildman–Crippen LogP) is 5.85. The molecule has 44 heavy (non-hydrogen) atoms. The van der Waals surface area contributed by atoms with Crippen molar-refractivity contribution in [2.75, 3.05) is 23.0 Å². The van der Waals surface area contributed by atoms with Crippen LogP contribution in [-0.4, -0.2) is 42.4 Å². The first-order valence-electron chi connectivity index (χ1n) is 13.9. The minimum atomic E-state index is -0.612. The van der Waals surface area contributed by atoms with Crippen LogP contribution in [0.2, 0.25) is 0 Å². The maximum atomic E-state index is 15.1. The van der Waals surface area contributed by atoms with Gasteiger partial charge in [0.1, 0.15) is 17.3 Å². The molecule has 0 aliphatic heterocycles. The first-order valence-corrected chi connectivity index (χ1v) is 13.9. The smallest absolute Gasteiger partial charge is 0.324 e. The van der Waals surface area contributed by atoms with Crippen molar-refractivity contribution in [3.8, 4) is 16.8 Å². The minimum Gasteiger partial charge on any atom is -0.357 e. The molecule has 0 unspecified atom stereocenters. The van der Waals surface area contributed by atoms with Gasteiger partial charge >= 0.3 is 6.03 Å². The summed E-state index contributed by atoms with van der Waals surface area (Å²) >= 11 is 0. The van der Waals surface area contributed by atoms with E-state index in [1.54, 1.807) is 37.2 Å². The molecule has 3 N–H and O–H groups in total. The average molecular weight is 592 g/mol. The van der Waals surface area contributed by atoms with Gasteiger partial charge in [0.15, 0.2) is 0 Å². The lowest BCUT2D eigenvalue weighted by atomic mass is 9.92. The Labute approximate surface area is 251 Å². The second-order valence-electron chi connectivity index (χ2n) is 11.4. The standard InChI is InChI=1S/C32H30FN9O2/c1-32(2,3)26-16-27(42(40-26)21-9-11-25-18(13-21)7-6-12-35-25)38-31(44)37-20-8-10-24(33)22(15-20)23-14-19-17-36-30(34-4)39-28(19)41(5)29(23)43/h6-17H,1-5H3,(H,34,36,39)(H2,37,38,44). The summed E-state index contributed by atoms with van der Waals surface area (Å²) in [4.78, 5) is 39.4. The number of amides is 2. The summed E-state index contributed by atoms with van der Waals surface area (Å²) in [6.45, 7) is 6.12.